The maximum Gasteiger partial charge on any atom is 0.410 e. The van der Waals surface area contributed by atoms with E-state index in [0.717, 1.165) is 17.9 Å². The van der Waals surface area contributed by atoms with Crippen LogP contribution in [-0.4, -0.2) is 52.7 Å². The summed E-state index contributed by atoms with van der Waals surface area (Å²) >= 11 is 0. The van der Waals surface area contributed by atoms with Crippen molar-refractivity contribution in [2.45, 2.75) is 45.8 Å². The molecule has 0 bridgehead atoms. The monoisotopic (exact) mass is 292 g/mol. The molecule has 1 aliphatic heterocycles. The molecule has 1 aromatic rings. The van der Waals surface area contributed by atoms with Crippen molar-refractivity contribution < 1.29 is 9.53 Å². The molecule has 0 aliphatic carbocycles. The van der Waals surface area contributed by atoms with E-state index in [-0.39, 0.29) is 12.1 Å². The van der Waals surface area contributed by atoms with Gasteiger partial charge >= 0.3 is 6.09 Å². The smallest absolute Gasteiger partial charge is 0.410 e. The molecule has 1 fully saturated rings. The van der Waals surface area contributed by atoms with Crippen LogP contribution in [0.1, 0.15) is 32.9 Å². The third-order valence-corrected chi connectivity index (χ3v) is 3.55. The molecule has 0 spiro atoms. The van der Waals surface area contributed by atoms with Crippen molar-refractivity contribution in [2.24, 2.45) is 0 Å². The number of aryl methyl sites for hydroxylation is 1. The molecular formula is C15H24N4O2. The minimum atomic E-state index is -0.456. The highest BCUT2D eigenvalue weighted by Gasteiger charge is 2.32. The molecule has 0 N–H and O–H groups in total. The molecule has 21 heavy (non-hydrogen) atoms. The van der Waals surface area contributed by atoms with Crippen molar-refractivity contribution >= 4 is 11.9 Å². The molecule has 0 saturated carbocycles. The number of anilines is 1. The molecule has 1 amide bonds. The quantitative estimate of drug-likeness (QED) is 0.836. The predicted octanol–water partition coefficient (Wildman–Crippen LogP) is 2.23. The second kappa shape index (κ2) is 5.87. The van der Waals surface area contributed by atoms with Crippen LogP contribution in [-0.2, 0) is 4.74 Å². The predicted molar refractivity (Wildman–Crippen MR) is 81.4 cm³/mol. The van der Waals surface area contributed by atoms with Gasteiger partial charge in [0.25, 0.3) is 0 Å². The van der Waals surface area contributed by atoms with E-state index in [1.807, 2.05) is 34.7 Å². The van der Waals surface area contributed by atoms with Crippen LogP contribution in [0, 0.1) is 6.92 Å². The summed E-state index contributed by atoms with van der Waals surface area (Å²) in [6.07, 6.45) is 4.05. The molecule has 116 valence electrons. The van der Waals surface area contributed by atoms with E-state index in [1.54, 1.807) is 17.3 Å². The van der Waals surface area contributed by atoms with Crippen molar-refractivity contribution in [1.29, 1.82) is 0 Å². The number of ether oxygens (including phenoxy) is 1. The lowest BCUT2D eigenvalue weighted by atomic mass is 10.2. The molecule has 1 aromatic heterocycles. The van der Waals surface area contributed by atoms with Crippen LogP contribution in [0.15, 0.2) is 12.4 Å². The van der Waals surface area contributed by atoms with Crippen LogP contribution in [0.2, 0.25) is 0 Å². The van der Waals surface area contributed by atoms with Crippen LogP contribution in [0.3, 0.4) is 0 Å². The molecule has 0 aromatic carbocycles. The first-order valence-electron chi connectivity index (χ1n) is 7.26. The zero-order valence-electron chi connectivity index (χ0n) is 13.5. The number of rotatable bonds is 2. The maximum absolute atomic E-state index is 12.1. The summed E-state index contributed by atoms with van der Waals surface area (Å²) in [7, 11) is 2.00. The largest absolute Gasteiger partial charge is 0.444 e. The van der Waals surface area contributed by atoms with Gasteiger partial charge in [0.2, 0.25) is 0 Å². The molecule has 2 heterocycles. The Balaban J connectivity index is 1.99. The average Bonchev–Trinajstić information content (AvgIpc) is 2.86. The first-order chi connectivity index (χ1) is 9.78. The van der Waals surface area contributed by atoms with Gasteiger partial charge in [0.05, 0.1) is 5.69 Å². The number of nitrogens with zero attached hydrogens (tertiary/aromatic N) is 4. The summed E-state index contributed by atoms with van der Waals surface area (Å²) in [5.74, 6) is 0.869. The Morgan fingerprint density at radius 2 is 2.05 bits per heavy atom. The van der Waals surface area contributed by atoms with Gasteiger partial charge in [0, 0.05) is 38.6 Å². The number of carbonyl (C=O) groups is 1. The van der Waals surface area contributed by atoms with Gasteiger partial charge in [-0.05, 0) is 34.1 Å². The second-order valence-corrected chi connectivity index (χ2v) is 6.45. The van der Waals surface area contributed by atoms with Crippen LogP contribution in [0.4, 0.5) is 10.6 Å². The van der Waals surface area contributed by atoms with E-state index in [2.05, 4.69) is 14.9 Å². The van der Waals surface area contributed by atoms with Gasteiger partial charge < -0.3 is 14.5 Å². The van der Waals surface area contributed by atoms with Gasteiger partial charge in [-0.2, -0.15) is 0 Å². The zero-order valence-corrected chi connectivity index (χ0v) is 13.5. The minimum Gasteiger partial charge on any atom is -0.444 e. The molecule has 0 radical (unpaired) electrons. The summed E-state index contributed by atoms with van der Waals surface area (Å²) in [5, 5.41) is 0. The van der Waals surface area contributed by atoms with Gasteiger partial charge in [-0.1, -0.05) is 0 Å². The summed E-state index contributed by atoms with van der Waals surface area (Å²) < 4.78 is 5.42. The van der Waals surface area contributed by atoms with Crippen molar-refractivity contribution in [3.05, 3.63) is 18.1 Å². The van der Waals surface area contributed by atoms with E-state index >= 15 is 0 Å². The number of amides is 1. The lowest BCUT2D eigenvalue weighted by Crippen LogP contribution is -2.39. The maximum atomic E-state index is 12.1. The number of hydrogen-bond donors (Lipinski definition) is 0. The van der Waals surface area contributed by atoms with Gasteiger partial charge in [-0.15, -0.1) is 0 Å². The highest BCUT2D eigenvalue weighted by atomic mass is 16.6. The fourth-order valence-corrected chi connectivity index (χ4v) is 2.47. The second-order valence-electron chi connectivity index (χ2n) is 6.45. The third kappa shape index (κ3) is 3.83. The summed E-state index contributed by atoms with van der Waals surface area (Å²) in [6, 6.07) is 0.243. The number of carbonyl (C=O) groups excluding carboxylic acids is 1. The number of aromatic nitrogens is 2. The number of hydrogen-bond acceptors (Lipinski definition) is 5. The topological polar surface area (TPSA) is 58.6 Å². The molecule has 2 rings (SSSR count). The Morgan fingerprint density at radius 3 is 2.67 bits per heavy atom. The van der Waals surface area contributed by atoms with Crippen molar-refractivity contribution in [2.75, 3.05) is 25.0 Å². The molecule has 1 aliphatic rings. The molecule has 1 saturated heterocycles. The Bertz CT molecular complexity index is 513. The highest BCUT2D eigenvalue weighted by Crippen LogP contribution is 2.22. The van der Waals surface area contributed by atoms with E-state index < -0.39 is 5.60 Å². The van der Waals surface area contributed by atoms with Gasteiger partial charge in [-0.3, -0.25) is 4.98 Å². The Labute approximate surface area is 126 Å². The van der Waals surface area contributed by atoms with E-state index in [9.17, 15) is 4.79 Å². The van der Waals surface area contributed by atoms with E-state index in [4.69, 9.17) is 4.74 Å². The number of likely N-dealkylation sites (tertiary alicyclic amines) is 1. The number of likely N-dealkylation sites (N-methyl/N-ethyl adjacent to an activating group) is 1. The third-order valence-electron chi connectivity index (χ3n) is 3.55. The van der Waals surface area contributed by atoms with Crippen LogP contribution >= 0.6 is 0 Å². The Hall–Kier alpha value is -1.85. The van der Waals surface area contributed by atoms with E-state index in [0.29, 0.717) is 13.1 Å². The SMILES string of the molecule is Cc1nccnc1N(C)[C@@H]1CCN(C(=O)OC(C)(C)C)C1. The molecule has 0 unspecified atom stereocenters. The van der Waals surface area contributed by atoms with Crippen LogP contribution < -0.4 is 4.90 Å². The lowest BCUT2D eigenvalue weighted by molar-refractivity contribution is 0.0292. The molecule has 6 heteroatoms. The highest BCUT2D eigenvalue weighted by molar-refractivity contribution is 5.68. The van der Waals surface area contributed by atoms with Crippen LogP contribution in [0.5, 0.6) is 0 Å². The fourth-order valence-electron chi connectivity index (χ4n) is 2.47. The molecule has 1 atom stereocenters. The van der Waals surface area contributed by atoms with Gasteiger partial charge in [0.1, 0.15) is 11.4 Å². The zero-order chi connectivity index (χ0) is 15.6. The standard InChI is InChI=1S/C15H24N4O2/c1-11-13(17-8-7-16-11)18(5)12-6-9-19(10-12)14(20)21-15(2,3)4/h7-8,12H,6,9-10H2,1-5H3/t12-/m1/s1. The Morgan fingerprint density at radius 1 is 1.38 bits per heavy atom. The van der Waals surface area contributed by atoms with Crippen molar-refractivity contribution in [3.8, 4) is 0 Å². The normalized spacial score (nSPS) is 18.7. The van der Waals surface area contributed by atoms with Crippen molar-refractivity contribution in [1.82, 2.24) is 14.9 Å². The molecule has 6 nitrogen and oxygen atoms in total. The fraction of sp³-hybridized carbons (Fsp3) is 0.667. The Kier molecular flexibility index (Phi) is 4.34. The average molecular weight is 292 g/mol. The van der Waals surface area contributed by atoms with E-state index in [1.165, 1.54) is 0 Å². The molecular weight excluding hydrogens is 268 g/mol. The summed E-state index contributed by atoms with van der Waals surface area (Å²) in [6.45, 7) is 8.96. The van der Waals surface area contributed by atoms with Gasteiger partial charge in [0.15, 0.2) is 0 Å². The van der Waals surface area contributed by atoms with Crippen LogP contribution in [0.25, 0.3) is 0 Å². The van der Waals surface area contributed by atoms with Crippen molar-refractivity contribution in [3.63, 3.8) is 0 Å². The summed E-state index contributed by atoms with van der Waals surface area (Å²) in [4.78, 5) is 24.6. The van der Waals surface area contributed by atoms with Gasteiger partial charge in [-0.25, -0.2) is 9.78 Å². The first kappa shape index (κ1) is 15.5. The lowest BCUT2D eigenvalue weighted by Gasteiger charge is -2.27. The first-order valence-corrected chi connectivity index (χ1v) is 7.26. The summed E-state index contributed by atoms with van der Waals surface area (Å²) in [5.41, 5.74) is 0.443. The minimum absolute atomic E-state index is 0.241.